The van der Waals surface area contributed by atoms with E-state index in [4.69, 9.17) is 0 Å². The molecule has 2 nitrogen and oxygen atoms in total. The molecule has 1 N–H and O–H groups in total. The minimum absolute atomic E-state index is 0.0827. The standard InChI is InChI=1S/C17H27NO/c1-12(2)10-15-6-8-16(9-7-15)14(5)18-17(19)11-13(3)4/h6-9,12-14H,10-11H2,1-5H3,(H,18,19). The first kappa shape index (κ1) is 15.7. The Morgan fingerprint density at radius 1 is 1.00 bits per heavy atom. The average molecular weight is 261 g/mol. The van der Waals surface area contributed by atoms with Crippen LogP contribution in [0.5, 0.6) is 0 Å². The number of rotatable bonds is 6. The van der Waals surface area contributed by atoms with E-state index >= 15 is 0 Å². The van der Waals surface area contributed by atoms with Crippen LogP contribution in [0.1, 0.15) is 58.2 Å². The highest BCUT2D eigenvalue weighted by molar-refractivity contribution is 5.76. The van der Waals surface area contributed by atoms with Gasteiger partial charge in [-0.15, -0.1) is 0 Å². The molecule has 0 bridgehead atoms. The highest BCUT2D eigenvalue weighted by atomic mass is 16.1. The molecule has 1 atom stereocenters. The van der Waals surface area contributed by atoms with Crippen LogP contribution in [0.15, 0.2) is 24.3 Å². The molecule has 106 valence electrons. The molecule has 1 aromatic rings. The summed E-state index contributed by atoms with van der Waals surface area (Å²) in [6, 6.07) is 8.66. The molecule has 0 aliphatic rings. The first-order valence-electron chi connectivity index (χ1n) is 7.26. The molecule has 0 aliphatic heterocycles. The highest BCUT2D eigenvalue weighted by Gasteiger charge is 2.10. The molecular formula is C17H27NO. The molecule has 2 heteroatoms. The largest absolute Gasteiger partial charge is 0.350 e. The Balaban J connectivity index is 2.57. The monoisotopic (exact) mass is 261 g/mol. The van der Waals surface area contributed by atoms with Crippen molar-refractivity contribution in [3.63, 3.8) is 0 Å². The van der Waals surface area contributed by atoms with E-state index in [0.717, 1.165) is 6.42 Å². The van der Waals surface area contributed by atoms with Gasteiger partial charge in [-0.25, -0.2) is 0 Å². The number of carbonyl (C=O) groups is 1. The van der Waals surface area contributed by atoms with Gasteiger partial charge in [-0.1, -0.05) is 52.0 Å². The van der Waals surface area contributed by atoms with Crippen molar-refractivity contribution in [2.75, 3.05) is 0 Å². The van der Waals surface area contributed by atoms with Gasteiger partial charge < -0.3 is 5.32 Å². The van der Waals surface area contributed by atoms with Crippen LogP contribution in [0, 0.1) is 11.8 Å². The van der Waals surface area contributed by atoms with E-state index in [0.29, 0.717) is 18.3 Å². The van der Waals surface area contributed by atoms with Crippen LogP contribution < -0.4 is 5.32 Å². The van der Waals surface area contributed by atoms with Crippen molar-refractivity contribution in [3.8, 4) is 0 Å². The van der Waals surface area contributed by atoms with Crippen molar-refractivity contribution in [1.29, 1.82) is 0 Å². The average Bonchev–Trinajstić information content (AvgIpc) is 2.27. The summed E-state index contributed by atoms with van der Waals surface area (Å²) in [5, 5.41) is 3.05. The van der Waals surface area contributed by atoms with Crippen LogP contribution in [0.3, 0.4) is 0 Å². The predicted molar refractivity (Wildman–Crippen MR) is 81.0 cm³/mol. The molecule has 1 rings (SSSR count). The van der Waals surface area contributed by atoms with Gasteiger partial charge in [-0.2, -0.15) is 0 Å². The number of benzene rings is 1. The maximum absolute atomic E-state index is 11.7. The molecule has 1 unspecified atom stereocenters. The van der Waals surface area contributed by atoms with E-state index in [1.165, 1.54) is 11.1 Å². The zero-order valence-corrected chi connectivity index (χ0v) is 12.9. The van der Waals surface area contributed by atoms with Gasteiger partial charge in [0.1, 0.15) is 0 Å². The third-order valence-corrected chi connectivity index (χ3v) is 3.09. The molecule has 0 radical (unpaired) electrons. The summed E-state index contributed by atoms with van der Waals surface area (Å²) in [6.45, 7) is 10.6. The maximum Gasteiger partial charge on any atom is 0.220 e. The second-order valence-electron chi connectivity index (χ2n) is 6.23. The fourth-order valence-corrected chi connectivity index (χ4v) is 2.17. The number of hydrogen-bond donors (Lipinski definition) is 1. The molecular weight excluding hydrogens is 234 g/mol. The van der Waals surface area contributed by atoms with Crippen LogP contribution >= 0.6 is 0 Å². The minimum atomic E-state index is 0.0827. The Kier molecular flexibility index (Phi) is 6.07. The lowest BCUT2D eigenvalue weighted by Gasteiger charge is -2.16. The number of nitrogens with one attached hydrogen (secondary N) is 1. The molecule has 1 aromatic carbocycles. The molecule has 0 aliphatic carbocycles. The maximum atomic E-state index is 11.7. The predicted octanol–water partition coefficient (Wildman–Crippen LogP) is 4.11. The number of amides is 1. The molecule has 0 spiro atoms. The third-order valence-electron chi connectivity index (χ3n) is 3.09. The van der Waals surface area contributed by atoms with Crippen LogP contribution in [-0.4, -0.2) is 5.91 Å². The molecule has 19 heavy (non-hydrogen) atoms. The van der Waals surface area contributed by atoms with Crippen LogP contribution in [0.4, 0.5) is 0 Å². The SMILES string of the molecule is CC(C)CC(=O)NC(C)c1ccc(CC(C)C)cc1. The Hall–Kier alpha value is -1.31. The van der Waals surface area contributed by atoms with E-state index in [1.54, 1.807) is 0 Å². The number of hydrogen-bond acceptors (Lipinski definition) is 1. The second kappa shape index (κ2) is 7.32. The third kappa shape index (κ3) is 5.91. The summed E-state index contributed by atoms with van der Waals surface area (Å²) in [5.74, 6) is 1.21. The van der Waals surface area contributed by atoms with Gasteiger partial charge in [0, 0.05) is 6.42 Å². The summed E-state index contributed by atoms with van der Waals surface area (Å²) in [7, 11) is 0. The van der Waals surface area contributed by atoms with Gasteiger partial charge in [0.15, 0.2) is 0 Å². The fourth-order valence-electron chi connectivity index (χ4n) is 2.17. The quantitative estimate of drug-likeness (QED) is 0.820. The lowest BCUT2D eigenvalue weighted by Crippen LogP contribution is -2.27. The zero-order chi connectivity index (χ0) is 14.4. The molecule has 1 amide bonds. The van der Waals surface area contributed by atoms with Gasteiger partial charge in [0.05, 0.1) is 6.04 Å². The Morgan fingerprint density at radius 2 is 1.58 bits per heavy atom. The van der Waals surface area contributed by atoms with Crippen molar-refractivity contribution >= 4 is 5.91 Å². The van der Waals surface area contributed by atoms with Crippen molar-refractivity contribution in [3.05, 3.63) is 35.4 Å². The van der Waals surface area contributed by atoms with Crippen LogP contribution in [0.2, 0.25) is 0 Å². The van der Waals surface area contributed by atoms with Crippen molar-refractivity contribution in [2.45, 2.75) is 53.5 Å². The highest BCUT2D eigenvalue weighted by Crippen LogP contribution is 2.16. The van der Waals surface area contributed by atoms with E-state index in [1.807, 2.05) is 6.92 Å². The van der Waals surface area contributed by atoms with E-state index < -0.39 is 0 Å². The molecule has 0 saturated heterocycles. The van der Waals surface area contributed by atoms with Gasteiger partial charge in [0.2, 0.25) is 5.91 Å². The summed E-state index contributed by atoms with van der Waals surface area (Å²) >= 11 is 0. The van der Waals surface area contributed by atoms with Gasteiger partial charge in [-0.3, -0.25) is 4.79 Å². The fraction of sp³-hybridized carbons (Fsp3) is 0.588. The first-order chi connectivity index (χ1) is 8.88. The molecule has 0 saturated carbocycles. The van der Waals surface area contributed by atoms with Crippen molar-refractivity contribution < 1.29 is 4.79 Å². The van der Waals surface area contributed by atoms with Gasteiger partial charge >= 0.3 is 0 Å². The molecule has 0 heterocycles. The van der Waals surface area contributed by atoms with Gasteiger partial charge in [0.25, 0.3) is 0 Å². The van der Waals surface area contributed by atoms with E-state index in [9.17, 15) is 4.79 Å². The topological polar surface area (TPSA) is 29.1 Å². The lowest BCUT2D eigenvalue weighted by atomic mass is 10.00. The van der Waals surface area contributed by atoms with Crippen LogP contribution in [-0.2, 0) is 11.2 Å². The summed E-state index contributed by atoms with van der Waals surface area (Å²) in [4.78, 5) is 11.7. The number of carbonyl (C=O) groups excluding carboxylic acids is 1. The summed E-state index contributed by atoms with van der Waals surface area (Å²) < 4.78 is 0. The van der Waals surface area contributed by atoms with E-state index in [-0.39, 0.29) is 11.9 Å². The minimum Gasteiger partial charge on any atom is -0.350 e. The smallest absolute Gasteiger partial charge is 0.220 e. The Bertz CT molecular complexity index is 392. The lowest BCUT2D eigenvalue weighted by molar-refractivity contribution is -0.122. The summed E-state index contributed by atoms with van der Waals surface area (Å²) in [5.41, 5.74) is 2.53. The van der Waals surface area contributed by atoms with Crippen LogP contribution in [0.25, 0.3) is 0 Å². The molecule has 0 fully saturated rings. The van der Waals surface area contributed by atoms with Gasteiger partial charge in [-0.05, 0) is 36.3 Å². The second-order valence-corrected chi connectivity index (χ2v) is 6.23. The summed E-state index contributed by atoms with van der Waals surface area (Å²) in [6.07, 6.45) is 1.70. The Morgan fingerprint density at radius 3 is 2.05 bits per heavy atom. The molecule has 0 aromatic heterocycles. The Labute approximate surface area is 117 Å². The normalized spacial score (nSPS) is 12.8. The zero-order valence-electron chi connectivity index (χ0n) is 12.9. The van der Waals surface area contributed by atoms with E-state index in [2.05, 4.69) is 57.3 Å². The van der Waals surface area contributed by atoms with Crippen molar-refractivity contribution in [2.24, 2.45) is 11.8 Å². The van der Waals surface area contributed by atoms with Crippen molar-refractivity contribution in [1.82, 2.24) is 5.32 Å². The first-order valence-corrected chi connectivity index (χ1v) is 7.26.